The number of amides is 1. The van der Waals surface area contributed by atoms with E-state index in [4.69, 9.17) is 16.3 Å². The van der Waals surface area contributed by atoms with Gasteiger partial charge in [0.25, 0.3) is 5.91 Å². The van der Waals surface area contributed by atoms with E-state index in [9.17, 15) is 9.59 Å². The van der Waals surface area contributed by atoms with Crippen LogP contribution in [0.1, 0.15) is 10.4 Å². The predicted molar refractivity (Wildman–Crippen MR) is 96.4 cm³/mol. The van der Waals surface area contributed by atoms with Gasteiger partial charge in [-0.1, -0.05) is 23.7 Å². The Kier molecular flexibility index (Phi) is 5.73. The Morgan fingerprint density at radius 3 is 2.56 bits per heavy atom. The minimum absolute atomic E-state index is 0.0526. The van der Waals surface area contributed by atoms with Crippen LogP contribution in [-0.2, 0) is 0 Å². The summed E-state index contributed by atoms with van der Waals surface area (Å²) in [5, 5.41) is 0.610. The SMILES string of the molecule is O=C(c1ccc(=O)[nH]c1)N1CCN(CCOc2ccccc2Cl)CC1. The number of H-pyrrole nitrogens is 1. The van der Waals surface area contributed by atoms with Gasteiger partial charge in [0.2, 0.25) is 5.56 Å². The Bertz CT molecular complexity index is 765. The van der Waals surface area contributed by atoms with Gasteiger partial charge < -0.3 is 14.6 Å². The molecule has 0 radical (unpaired) electrons. The van der Waals surface area contributed by atoms with Gasteiger partial charge in [0, 0.05) is 45.0 Å². The zero-order chi connectivity index (χ0) is 17.6. The molecule has 0 saturated carbocycles. The molecule has 2 aromatic rings. The number of rotatable bonds is 5. The molecule has 6 nitrogen and oxygen atoms in total. The van der Waals surface area contributed by atoms with Crippen LogP contribution < -0.4 is 10.3 Å². The van der Waals surface area contributed by atoms with Crippen molar-refractivity contribution in [3.63, 3.8) is 0 Å². The van der Waals surface area contributed by atoms with Crippen LogP contribution in [0.4, 0.5) is 0 Å². The average Bonchev–Trinajstić information content (AvgIpc) is 2.64. The van der Waals surface area contributed by atoms with Crippen molar-refractivity contribution in [2.45, 2.75) is 0 Å². The van der Waals surface area contributed by atoms with Gasteiger partial charge in [-0.25, -0.2) is 0 Å². The molecule has 0 unspecified atom stereocenters. The van der Waals surface area contributed by atoms with Gasteiger partial charge in [0.15, 0.2) is 0 Å². The molecule has 25 heavy (non-hydrogen) atoms. The van der Waals surface area contributed by atoms with Gasteiger partial charge >= 0.3 is 0 Å². The lowest BCUT2D eigenvalue weighted by atomic mass is 10.2. The van der Waals surface area contributed by atoms with Crippen molar-refractivity contribution in [1.82, 2.24) is 14.8 Å². The van der Waals surface area contributed by atoms with E-state index in [2.05, 4.69) is 9.88 Å². The summed E-state index contributed by atoms with van der Waals surface area (Å²) in [4.78, 5) is 30.1. The maximum atomic E-state index is 12.4. The third-order valence-corrected chi connectivity index (χ3v) is 4.50. The zero-order valence-corrected chi connectivity index (χ0v) is 14.5. The smallest absolute Gasteiger partial charge is 0.255 e. The van der Waals surface area contributed by atoms with Crippen LogP contribution in [0.15, 0.2) is 47.4 Å². The maximum Gasteiger partial charge on any atom is 0.255 e. The number of aromatic amines is 1. The molecule has 1 aromatic heterocycles. The van der Waals surface area contributed by atoms with Crippen molar-refractivity contribution in [1.29, 1.82) is 0 Å². The van der Waals surface area contributed by atoms with Crippen LogP contribution in [-0.4, -0.2) is 60.0 Å². The van der Waals surface area contributed by atoms with Gasteiger partial charge in [0.1, 0.15) is 12.4 Å². The Morgan fingerprint density at radius 2 is 1.88 bits per heavy atom. The first kappa shape index (κ1) is 17.5. The van der Waals surface area contributed by atoms with Gasteiger partial charge in [-0.2, -0.15) is 0 Å². The highest BCUT2D eigenvalue weighted by Crippen LogP contribution is 2.22. The quantitative estimate of drug-likeness (QED) is 0.883. The Labute approximate surface area is 151 Å². The predicted octanol–water partition coefficient (Wildman–Crippen LogP) is 1.87. The molecule has 1 N–H and O–H groups in total. The molecule has 7 heteroatoms. The first-order chi connectivity index (χ1) is 12.1. The summed E-state index contributed by atoms with van der Waals surface area (Å²) in [6.07, 6.45) is 1.47. The number of ether oxygens (including phenoxy) is 1. The normalized spacial score (nSPS) is 15.2. The highest BCUT2D eigenvalue weighted by molar-refractivity contribution is 6.32. The molecule has 3 rings (SSSR count). The van der Waals surface area contributed by atoms with Gasteiger partial charge in [-0.3, -0.25) is 14.5 Å². The standard InChI is InChI=1S/C18H20ClN3O3/c19-15-3-1-2-4-16(15)25-12-11-21-7-9-22(10-8-21)18(24)14-5-6-17(23)20-13-14/h1-6,13H,7-12H2,(H,20,23). The highest BCUT2D eigenvalue weighted by atomic mass is 35.5. The molecule has 1 saturated heterocycles. The van der Waals surface area contributed by atoms with Crippen molar-refractivity contribution in [3.8, 4) is 5.75 Å². The van der Waals surface area contributed by atoms with Crippen LogP contribution in [0.5, 0.6) is 5.75 Å². The molecule has 1 aliphatic rings. The fourth-order valence-corrected chi connectivity index (χ4v) is 2.94. The van der Waals surface area contributed by atoms with E-state index in [0.717, 1.165) is 19.6 Å². The average molecular weight is 362 g/mol. The lowest BCUT2D eigenvalue weighted by Crippen LogP contribution is -2.49. The topological polar surface area (TPSA) is 65.6 Å². The van der Waals surface area contributed by atoms with Crippen molar-refractivity contribution >= 4 is 17.5 Å². The third-order valence-electron chi connectivity index (χ3n) is 4.19. The molecule has 132 valence electrons. The molecule has 1 amide bonds. The summed E-state index contributed by atoms with van der Waals surface area (Å²) in [6.45, 7) is 4.24. The number of benzene rings is 1. The Balaban J connectivity index is 1.44. The van der Waals surface area contributed by atoms with Gasteiger partial charge in [-0.15, -0.1) is 0 Å². The first-order valence-corrected chi connectivity index (χ1v) is 8.59. The zero-order valence-electron chi connectivity index (χ0n) is 13.8. The summed E-state index contributed by atoms with van der Waals surface area (Å²) in [5.41, 5.74) is 0.301. The van der Waals surface area contributed by atoms with Gasteiger partial charge in [-0.05, 0) is 18.2 Å². The van der Waals surface area contributed by atoms with E-state index >= 15 is 0 Å². The number of hydrogen-bond acceptors (Lipinski definition) is 4. The van der Waals surface area contributed by atoms with Crippen LogP contribution in [0.2, 0.25) is 5.02 Å². The number of nitrogens with zero attached hydrogens (tertiary/aromatic N) is 2. The van der Waals surface area contributed by atoms with Crippen LogP contribution in [0.3, 0.4) is 0 Å². The number of para-hydroxylation sites is 1. The van der Waals surface area contributed by atoms with E-state index in [0.29, 0.717) is 36.0 Å². The van der Waals surface area contributed by atoms with E-state index in [1.807, 2.05) is 18.2 Å². The molecule has 1 aromatic carbocycles. The summed E-state index contributed by atoms with van der Waals surface area (Å²) >= 11 is 6.06. The maximum absolute atomic E-state index is 12.4. The Hall–Kier alpha value is -2.31. The molecular weight excluding hydrogens is 342 g/mol. The molecule has 0 bridgehead atoms. The summed E-state index contributed by atoms with van der Waals surface area (Å²) < 4.78 is 5.71. The number of pyridine rings is 1. The van der Waals surface area contributed by atoms with E-state index in [1.165, 1.54) is 12.3 Å². The molecule has 0 atom stereocenters. The largest absolute Gasteiger partial charge is 0.491 e. The van der Waals surface area contributed by atoms with Crippen LogP contribution in [0.25, 0.3) is 0 Å². The number of hydrogen-bond donors (Lipinski definition) is 1. The number of carbonyl (C=O) groups is 1. The second-order valence-electron chi connectivity index (χ2n) is 5.85. The third kappa shape index (κ3) is 4.61. The molecule has 1 fully saturated rings. The van der Waals surface area contributed by atoms with Gasteiger partial charge in [0.05, 0.1) is 10.6 Å². The highest BCUT2D eigenvalue weighted by Gasteiger charge is 2.22. The summed E-state index contributed by atoms with van der Waals surface area (Å²) in [5.74, 6) is 0.638. The van der Waals surface area contributed by atoms with Crippen molar-refractivity contribution < 1.29 is 9.53 Å². The number of piperazine rings is 1. The van der Waals surface area contributed by atoms with Crippen LogP contribution >= 0.6 is 11.6 Å². The molecule has 2 heterocycles. The van der Waals surface area contributed by atoms with Crippen molar-refractivity contribution in [3.05, 3.63) is 63.5 Å². The lowest BCUT2D eigenvalue weighted by molar-refractivity contribution is 0.0620. The number of nitrogens with one attached hydrogen (secondary N) is 1. The fourth-order valence-electron chi connectivity index (χ4n) is 2.75. The summed E-state index contributed by atoms with van der Waals surface area (Å²) in [6, 6.07) is 10.3. The lowest BCUT2D eigenvalue weighted by Gasteiger charge is -2.34. The Morgan fingerprint density at radius 1 is 1.12 bits per heavy atom. The van der Waals surface area contributed by atoms with Crippen LogP contribution in [0, 0.1) is 0 Å². The van der Waals surface area contributed by atoms with E-state index in [1.54, 1.807) is 17.0 Å². The second kappa shape index (κ2) is 8.18. The number of aromatic nitrogens is 1. The monoisotopic (exact) mass is 361 g/mol. The minimum atomic E-state index is -0.208. The van der Waals surface area contributed by atoms with Crippen molar-refractivity contribution in [2.24, 2.45) is 0 Å². The fraction of sp³-hybridized carbons (Fsp3) is 0.333. The molecule has 0 spiro atoms. The minimum Gasteiger partial charge on any atom is -0.491 e. The van der Waals surface area contributed by atoms with Crippen molar-refractivity contribution in [2.75, 3.05) is 39.3 Å². The van der Waals surface area contributed by atoms with E-state index in [-0.39, 0.29) is 11.5 Å². The number of halogens is 1. The molecule has 0 aliphatic carbocycles. The molecule has 1 aliphatic heterocycles. The number of carbonyl (C=O) groups excluding carboxylic acids is 1. The molecular formula is C18H20ClN3O3. The second-order valence-corrected chi connectivity index (χ2v) is 6.26. The summed E-state index contributed by atoms with van der Waals surface area (Å²) in [7, 11) is 0. The van der Waals surface area contributed by atoms with E-state index < -0.39 is 0 Å². The first-order valence-electron chi connectivity index (χ1n) is 8.21.